The van der Waals surface area contributed by atoms with Gasteiger partial charge < -0.3 is 20.1 Å². The van der Waals surface area contributed by atoms with Crippen LogP contribution in [0.4, 0.5) is 0 Å². The van der Waals surface area contributed by atoms with Gasteiger partial charge in [-0.05, 0) is 57.8 Å². The van der Waals surface area contributed by atoms with Crippen LogP contribution in [-0.2, 0) is 32.7 Å². The van der Waals surface area contributed by atoms with Crippen LogP contribution in [0, 0.1) is 0 Å². The molecule has 2 unspecified atom stereocenters. The molecule has 3 N–H and O–H groups in total. The first-order valence-corrected chi connectivity index (χ1v) is 28.3. The fourth-order valence-electron chi connectivity index (χ4n) is 7.49. The smallest absolute Gasteiger partial charge is 0.462 e. The molecule has 10 heteroatoms. The fraction of sp³-hybridized carbons (Fsp3) is 0.782. The van der Waals surface area contributed by atoms with E-state index in [1.807, 2.05) is 0 Å². The van der Waals surface area contributed by atoms with E-state index in [1.165, 1.54) is 148 Å². The Morgan fingerprint density at radius 1 is 0.477 bits per heavy atom. The van der Waals surface area contributed by atoms with Crippen LogP contribution in [0.2, 0.25) is 0 Å². The van der Waals surface area contributed by atoms with Gasteiger partial charge in [0.25, 0.3) is 0 Å². The zero-order chi connectivity index (χ0) is 47.4. The molecule has 0 amide bonds. The predicted octanol–water partition coefficient (Wildman–Crippen LogP) is 16.4. The molecular formula is C55H100NO8P. The van der Waals surface area contributed by atoms with Crippen molar-refractivity contribution >= 4 is 19.8 Å². The topological polar surface area (TPSA) is 134 Å². The van der Waals surface area contributed by atoms with E-state index in [9.17, 15) is 19.0 Å². The van der Waals surface area contributed by atoms with Crippen molar-refractivity contribution in [3.63, 3.8) is 0 Å². The number of carbonyl (C=O) groups is 2. The lowest BCUT2D eigenvalue weighted by molar-refractivity contribution is -0.161. The minimum absolute atomic E-state index is 0.0544. The summed E-state index contributed by atoms with van der Waals surface area (Å²) in [5.74, 6) is -0.823. The van der Waals surface area contributed by atoms with Crippen LogP contribution in [0.1, 0.15) is 245 Å². The van der Waals surface area contributed by atoms with Crippen LogP contribution in [0.5, 0.6) is 0 Å². The third kappa shape index (κ3) is 51.0. The third-order valence-corrected chi connectivity index (χ3v) is 12.4. The van der Waals surface area contributed by atoms with Gasteiger partial charge in [-0.2, -0.15) is 0 Å². The predicted molar refractivity (Wildman–Crippen MR) is 275 cm³/mol. The van der Waals surface area contributed by atoms with Crippen molar-refractivity contribution in [3.05, 3.63) is 60.8 Å². The first kappa shape index (κ1) is 62.7. The van der Waals surface area contributed by atoms with Crippen molar-refractivity contribution < 1.29 is 37.6 Å². The zero-order valence-corrected chi connectivity index (χ0v) is 42.9. The molecule has 0 aromatic heterocycles. The molecule has 9 nitrogen and oxygen atoms in total. The number of unbranched alkanes of at least 4 members (excludes halogenated alkanes) is 27. The Bertz CT molecular complexity index is 1250. The summed E-state index contributed by atoms with van der Waals surface area (Å²) in [6, 6.07) is 0. The molecular weight excluding hydrogens is 834 g/mol. The standard InChI is InChI=1S/C55H100NO8P/c1-3-5-7-9-11-13-14-15-16-17-18-19-20-21-22-23-24-25-26-27-28-29-30-31-32-33-34-35-36-37-38-40-42-44-46-48-55(58)64-53(52-63-65(59,60)62-50-49-56)51-61-54(57)47-45-43-41-39-12-10-8-6-4-2/h5,7,11,13,15-16,18-19,21-22,53H,3-4,6,8-10,12,14,17,20,23-52,56H2,1-2H3,(H,59,60)/b7-5-,13-11-,16-15-,19-18-,22-21-. The number of phosphoric ester groups is 1. The van der Waals surface area contributed by atoms with Crippen LogP contribution >= 0.6 is 7.82 Å². The summed E-state index contributed by atoms with van der Waals surface area (Å²) in [6.07, 6.45) is 63.0. The van der Waals surface area contributed by atoms with Crippen LogP contribution < -0.4 is 5.73 Å². The Morgan fingerprint density at radius 3 is 1.26 bits per heavy atom. The number of esters is 2. The molecule has 0 radical (unpaired) electrons. The van der Waals surface area contributed by atoms with E-state index in [1.54, 1.807) is 0 Å². The van der Waals surface area contributed by atoms with Gasteiger partial charge in [0.15, 0.2) is 6.10 Å². The van der Waals surface area contributed by atoms with E-state index in [0.717, 1.165) is 64.2 Å². The second-order valence-corrected chi connectivity index (χ2v) is 19.2. The molecule has 0 bridgehead atoms. The summed E-state index contributed by atoms with van der Waals surface area (Å²) >= 11 is 0. The average Bonchev–Trinajstić information content (AvgIpc) is 3.30. The molecule has 0 spiro atoms. The summed E-state index contributed by atoms with van der Waals surface area (Å²) in [6.45, 7) is 3.62. The van der Waals surface area contributed by atoms with E-state index in [4.69, 9.17) is 24.3 Å². The third-order valence-electron chi connectivity index (χ3n) is 11.4. The highest BCUT2D eigenvalue weighted by Gasteiger charge is 2.26. The average molecular weight is 934 g/mol. The molecule has 0 heterocycles. The van der Waals surface area contributed by atoms with Gasteiger partial charge in [-0.15, -0.1) is 0 Å². The number of rotatable bonds is 50. The Labute approximate surface area is 399 Å². The highest BCUT2D eigenvalue weighted by Crippen LogP contribution is 2.43. The SMILES string of the molecule is CC/C=C\C/C=C\C/C=C\C/C=C\C/C=C\CCCCCCCCCCCCCCCCCCCCCC(=O)OC(COC(=O)CCCCCCCCCCC)COP(=O)(O)OCCN. The number of allylic oxidation sites excluding steroid dienone is 10. The molecule has 0 aliphatic heterocycles. The Kier molecular flexibility index (Phi) is 49.3. The lowest BCUT2D eigenvalue weighted by atomic mass is 10.0. The molecule has 0 saturated carbocycles. The minimum atomic E-state index is -4.37. The van der Waals surface area contributed by atoms with Crippen LogP contribution in [0.15, 0.2) is 60.8 Å². The normalized spacial score (nSPS) is 13.6. The van der Waals surface area contributed by atoms with E-state index in [-0.39, 0.29) is 38.6 Å². The first-order chi connectivity index (χ1) is 31.8. The molecule has 0 aliphatic carbocycles. The number of hydrogen-bond donors (Lipinski definition) is 2. The second kappa shape index (κ2) is 51.1. The quantitative estimate of drug-likeness (QED) is 0.0265. The highest BCUT2D eigenvalue weighted by atomic mass is 31.2. The fourth-order valence-corrected chi connectivity index (χ4v) is 8.25. The van der Waals surface area contributed by atoms with E-state index in [0.29, 0.717) is 6.42 Å². The van der Waals surface area contributed by atoms with Crippen LogP contribution in [-0.4, -0.2) is 49.3 Å². The van der Waals surface area contributed by atoms with Crippen molar-refractivity contribution in [3.8, 4) is 0 Å². The van der Waals surface area contributed by atoms with Crippen molar-refractivity contribution in [2.24, 2.45) is 5.73 Å². The Balaban J connectivity index is 3.79. The Hall–Kier alpha value is -2.29. The lowest BCUT2D eigenvalue weighted by Gasteiger charge is -2.19. The van der Waals surface area contributed by atoms with Gasteiger partial charge in [-0.3, -0.25) is 18.6 Å². The summed E-state index contributed by atoms with van der Waals surface area (Å²) in [5.41, 5.74) is 5.36. The Morgan fingerprint density at radius 2 is 0.846 bits per heavy atom. The maximum atomic E-state index is 12.6. The first-order valence-electron chi connectivity index (χ1n) is 26.8. The van der Waals surface area contributed by atoms with Crippen LogP contribution in [0.25, 0.3) is 0 Å². The summed E-state index contributed by atoms with van der Waals surface area (Å²) in [4.78, 5) is 34.9. The number of ether oxygens (including phenoxy) is 2. The second-order valence-electron chi connectivity index (χ2n) is 17.7. The zero-order valence-electron chi connectivity index (χ0n) is 42.0. The molecule has 65 heavy (non-hydrogen) atoms. The highest BCUT2D eigenvalue weighted by molar-refractivity contribution is 7.47. The lowest BCUT2D eigenvalue weighted by Crippen LogP contribution is -2.29. The molecule has 0 aromatic rings. The number of nitrogens with two attached hydrogens (primary N) is 1. The van der Waals surface area contributed by atoms with Crippen LogP contribution in [0.3, 0.4) is 0 Å². The van der Waals surface area contributed by atoms with E-state index in [2.05, 4.69) is 74.6 Å². The van der Waals surface area contributed by atoms with E-state index >= 15 is 0 Å². The van der Waals surface area contributed by atoms with Gasteiger partial charge in [0.2, 0.25) is 0 Å². The summed E-state index contributed by atoms with van der Waals surface area (Å²) in [7, 11) is -4.37. The molecule has 0 fully saturated rings. The molecule has 2 atom stereocenters. The van der Waals surface area contributed by atoms with Gasteiger partial charge >= 0.3 is 19.8 Å². The number of phosphoric acid groups is 1. The number of hydrogen-bond acceptors (Lipinski definition) is 8. The molecule has 0 rings (SSSR count). The largest absolute Gasteiger partial charge is 0.472 e. The van der Waals surface area contributed by atoms with Gasteiger partial charge in [-0.1, -0.05) is 235 Å². The van der Waals surface area contributed by atoms with Gasteiger partial charge in [0, 0.05) is 19.4 Å². The monoisotopic (exact) mass is 934 g/mol. The van der Waals surface area contributed by atoms with Gasteiger partial charge in [0.1, 0.15) is 6.61 Å². The molecule has 0 aromatic carbocycles. The summed E-state index contributed by atoms with van der Waals surface area (Å²) in [5, 5.41) is 0. The maximum Gasteiger partial charge on any atom is 0.472 e. The molecule has 378 valence electrons. The molecule has 0 saturated heterocycles. The van der Waals surface area contributed by atoms with Crippen molar-refractivity contribution in [2.75, 3.05) is 26.4 Å². The van der Waals surface area contributed by atoms with Crippen molar-refractivity contribution in [1.82, 2.24) is 0 Å². The van der Waals surface area contributed by atoms with Crippen molar-refractivity contribution in [2.45, 2.75) is 251 Å². The summed E-state index contributed by atoms with van der Waals surface area (Å²) < 4.78 is 32.8. The van der Waals surface area contributed by atoms with Crippen molar-refractivity contribution in [1.29, 1.82) is 0 Å². The van der Waals surface area contributed by atoms with Gasteiger partial charge in [-0.25, -0.2) is 4.57 Å². The van der Waals surface area contributed by atoms with E-state index < -0.39 is 26.5 Å². The molecule has 0 aliphatic rings. The maximum absolute atomic E-state index is 12.6. The van der Waals surface area contributed by atoms with Gasteiger partial charge in [0.05, 0.1) is 13.2 Å². The number of carbonyl (C=O) groups excluding carboxylic acids is 2. The minimum Gasteiger partial charge on any atom is -0.462 e.